The summed E-state index contributed by atoms with van der Waals surface area (Å²) in [6.45, 7) is 0. The fraction of sp³-hybridized carbons (Fsp3) is 0. The summed E-state index contributed by atoms with van der Waals surface area (Å²) in [4.78, 5) is 0. The zero-order valence-electron chi connectivity index (χ0n) is 9.68. The van der Waals surface area contributed by atoms with E-state index >= 15 is 0 Å². The smallest absolute Gasteiger partial charge is 0.254 e. The standard InChI is InChI=1S/C14H8F2N2O/c15-10-7-4-8-11(16)12(10)14-18-17-13(19-14)9-5-2-1-3-6-9/h1-8H. The molecule has 0 fully saturated rings. The summed E-state index contributed by atoms with van der Waals surface area (Å²) in [5.74, 6) is -1.42. The summed E-state index contributed by atoms with van der Waals surface area (Å²) >= 11 is 0. The third-order valence-electron chi connectivity index (χ3n) is 2.62. The number of rotatable bonds is 2. The summed E-state index contributed by atoms with van der Waals surface area (Å²) in [5, 5.41) is 7.48. The monoisotopic (exact) mass is 258 g/mol. The zero-order valence-corrected chi connectivity index (χ0v) is 9.68. The first-order valence-electron chi connectivity index (χ1n) is 5.59. The van der Waals surface area contributed by atoms with E-state index in [4.69, 9.17) is 4.42 Å². The highest BCUT2D eigenvalue weighted by atomic mass is 19.1. The van der Waals surface area contributed by atoms with Crippen LogP contribution >= 0.6 is 0 Å². The summed E-state index contributed by atoms with van der Waals surface area (Å²) in [5.41, 5.74) is 0.384. The highest BCUT2D eigenvalue weighted by molar-refractivity contribution is 5.58. The van der Waals surface area contributed by atoms with Crippen LogP contribution in [0.3, 0.4) is 0 Å². The highest BCUT2D eigenvalue weighted by Crippen LogP contribution is 2.27. The van der Waals surface area contributed by atoms with Gasteiger partial charge in [-0.1, -0.05) is 24.3 Å². The van der Waals surface area contributed by atoms with E-state index in [1.165, 1.54) is 6.07 Å². The van der Waals surface area contributed by atoms with Crippen molar-refractivity contribution in [3.8, 4) is 22.9 Å². The van der Waals surface area contributed by atoms with Crippen LogP contribution in [0.15, 0.2) is 52.9 Å². The van der Waals surface area contributed by atoms with E-state index in [1.807, 2.05) is 18.2 Å². The van der Waals surface area contributed by atoms with Crippen LogP contribution in [0, 0.1) is 11.6 Å². The maximum atomic E-state index is 13.6. The molecule has 2 aromatic carbocycles. The lowest BCUT2D eigenvalue weighted by Crippen LogP contribution is -1.89. The molecule has 0 spiro atoms. The second-order valence-electron chi connectivity index (χ2n) is 3.88. The van der Waals surface area contributed by atoms with Gasteiger partial charge in [-0.25, -0.2) is 8.78 Å². The summed E-state index contributed by atoms with van der Waals surface area (Å²) < 4.78 is 32.5. The van der Waals surface area contributed by atoms with Crippen molar-refractivity contribution >= 4 is 0 Å². The molecule has 0 amide bonds. The molecule has 1 aromatic heterocycles. The Bertz CT molecular complexity index is 690. The quantitative estimate of drug-likeness (QED) is 0.703. The van der Waals surface area contributed by atoms with Gasteiger partial charge in [-0.15, -0.1) is 10.2 Å². The first kappa shape index (κ1) is 11.5. The predicted octanol–water partition coefficient (Wildman–Crippen LogP) is 3.68. The SMILES string of the molecule is Fc1cccc(F)c1-c1nnc(-c2ccccc2)o1. The molecule has 5 heteroatoms. The molecule has 0 aliphatic rings. The zero-order chi connectivity index (χ0) is 13.2. The molecule has 0 atom stereocenters. The molecule has 3 nitrogen and oxygen atoms in total. The maximum absolute atomic E-state index is 13.6. The summed E-state index contributed by atoms with van der Waals surface area (Å²) in [7, 11) is 0. The molecule has 3 rings (SSSR count). The van der Waals surface area contributed by atoms with Gasteiger partial charge >= 0.3 is 0 Å². The van der Waals surface area contributed by atoms with Gasteiger partial charge in [0.2, 0.25) is 5.89 Å². The van der Waals surface area contributed by atoms with Gasteiger partial charge < -0.3 is 4.42 Å². The van der Waals surface area contributed by atoms with Crippen LogP contribution in [0.2, 0.25) is 0 Å². The largest absolute Gasteiger partial charge is 0.416 e. The van der Waals surface area contributed by atoms with E-state index in [2.05, 4.69) is 10.2 Å². The van der Waals surface area contributed by atoms with Crippen molar-refractivity contribution < 1.29 is 13.2 Å². The molecule has 0 aliphatic heterocycles. The van der Waals surface area contributed by atoms with Crippen molar-refractivity contribution in [3.63, 3.8) is 0 Å². The minimum absolute atomic E-state index is 0.172. The molecule has 0 saturated heterocycles. The van der Waals surface area contributed by atoms with Crippen molar-refractivity contribution in [2.75, 3.05) is 0 Å². The second-order valence-corrected chi connectivity index (χ2v) is 3.88. The Kier molecular flexibility index (Phi) is 2.79. The summed E-state index contributed by atoms with van der Waals surface area (Å²) in [6, 6.07) is 12.6. The molecule has 0 radical (unpaired) electrons. The fourth-order valence-electron chi connectivity index (χ4n) is 1.72. The van der Waals surface area contributed by atoms with Crippen LogP contribution in [0.4, 0.5) is 8.78 Å². The van der Waals surface area contributed by atoms with Gasteiger partial charge in [0.05, 0.1) is 0 Å². The molecule has 0 N–H and O–H groups in total. The van der Waals surface area contributed by atoms with Gasteiger partial charge in [0.15, 0.2) is 0 Å². The molecule has 94 valence electrons. The minimum atomic E-state index is -0.733. The Hall–Kier alpha value is -2.56. The Labute approximate surface area is 107 Å². The summed E-state index contributed by atoms with van der Waals surface area (Å²) in [6.07, 6.45) is 0. The van der Waals surface area contributed by atoms with Gasteiger partial charge in [-0.05, 0) is 24.3 Å². The number of aromatic nitrogens is 2. The maximum Gasteiger partial charge on any atom is 0.254 e. The number of nitrogens with zero attached hydrogens (tertiary/aromatic N) is 2. The molecular formula is C14H8F2N2O. The Morgan fingerprint density at radius 3 is 2.05 bits per heavy atom. The van der Waals surface area contributed by atoms with Crippen LogP contribution in [0.5, 0.6) is 0 Å². The Morgan fingerprint density at radius 2 is 1.37 bits per heavy atom. The lowest BCUT2D eigenvalue weighted by molar-refractivity contribution is 0.548. The van der Waals surface area contributed by atoms with Crippen molar-refractivity contribution in [2.45, 2.75) is 0 Å². The van der Waals surface area contributed by atoms with Crippen LogP contribution < -0.4 is 0 Å². The molecule has 0 bridgehead atoms. The molecule has 3 aromatic rings. The highest BCUT2D eigenvalue weighted by Gasteiger charge is 2.17. The van der Waals surface area contributed by atoms with Crippen LogP contribution in [-0.2, 0) is 0 Å². The molecule has 0 unspecified atom stereocenters. The van der Waals surface area contributed by atoms with E-state index in [0.29, 0.717) is 5.56 Å². The van der Waals surface area contributed by atoms with Crippen LogP contribution in [-0.4, -0.2) is 10.2 Å². The first-order chi connectivity index (χ1) is 9.25. The Balaban J connectivity index is 2.07. The third-order valence-corrected chi connectivity index (χ3v) is 2.62. The molecule has 19 heavy (non-hydrogen) atoms. The van der Waals surface area contributed by atoms with Crippen LogP contribution in [0.1, 0.15) is 0 Å². The van der Waals surface area contributed by atoms with Crippen molar-refractivity contribution in [1.82, 2.24) is 10.2 Å². The van der Waals surface area contributed by atoms with Crippen molar-refractivity contribution in [1.29, 1.82) is 0 Å². The molecular weight excluding hydrogens is 250 g/mol. The van der Waals surface area contributed by atoms with Crippen molar-refractivity contribution in [3.05, 3.63) is 60.2 Å². The van der Waals surface area contributed by atoms with E-state index in [0.717, 1.165) is 12.1 Å². The lowest BCUT2D eigenvalue weighted by Gasteiger charge is -1.98. The van der Waals surface area contributed by atoms with E-state index in [-0.39, 0.29) is 17.3 Å². The predicted molar refractivity (Wildman–Crippen MR) is 65.1 cm³/mol. The van der Waals surface area contributed by atoms with E-state index < -0.39 is 11.6 Å². The Morgan fingerprint density at radius 1 is 0.737 bits per heavy atom. The number of hydrogen-bond donors (Lipinski definition) is 0. The minimum Gasteiger partial charge on any atom is -0.416 e. The molecule has 0 saturated carbocycles. The van der Waals surface area contributed by atoms with Crippen LogP contribution in [0.25, 0.3) is 22.9 Å². The van der Waals surface area contributed by atoms with E-state index in [9.17, 15) is 8.78 Å². The number of halogens is 2. The first-order valence-corrected chi connectivity index (χ1v) is 5.59. The van der Waals surface area contributed by atoms with E-state index in [1.54, 1.807) is 12.1 Å². The average Bonchev–Trinajstić information content (AvgIpc) is 2.89. The number of benzene rings is 2. The van der Waals surface area contributed by atoms with Gasteiger partial charge in [0.25, 0.3) is 5.89 Å². The van der Waals surface area contributed by atoms with Gasteiger partial charge in [0, 0.05) is 5.56 Å². The molecule has 1 heterocycles. The molecule has 0 aliphatic carbocycles. The van der Waals surface area contributed by atoms with Crippen molar-refractivity contribution in [2.24, 2.45) is 0 Å². The fourth-order valence-corrected chi connectivity index (χ4v) is 1.72. The van der Waals surface area contributed by atoms with Gasteiger partial charge in [-0.3, -0.25) is 0 Å². The van der Waals surface area contributed by atoms with Gasteiger partial charge in [0.1, 0.15) is 17.2 Å². The van der Waals surface area contributed by atoms with Gasteiger partial charge in [-0.2, -0.15) is 0 Å². The topological polar surface area (TPSA) is 38.9 Å². The average molecular weight is 258 g/mol. The normalized spacial score (nSPS) is 10.6. The second kappa shape index (κ2) is 4.61. The lowest BCUT2D eigenvalue weighted by atomic mass is 10.2. The number of hydrogen-bond acceptors (Lipinski definition) is 3. The third kappa shape index (κ3) is 2.10.